The second kappa shape index (κ2) is 11.5. The highest BCUT2D eigenvalue weighted by atomic mass is 17.3. The molecule has 3 atom stereocenters. The van der Waals surface area contributed by atoms with Crippen molar-refractivity contribution in [1.29, 1.82) is 0 Å². The van der Waals surface area contributed by atoms with E-state index >= 15 is 0 Å². The van der Waals surface area contributed by atoms with E-state index in [0.717, 1.165) is 70.6 Å². The van der Waals surface area contributed by atoms with E-state index in [1.54, 1.807) is 0 Å². The first-order valence-corrected chi connectivity index (χ1v) is 12.2. The largest absolute Gasteiger partial charge is 0.234 e. The molecule has 0 aromatic rings. The lowest BCUT2D eigenvalue weighted by Gasteiger charge is -2.47. The van der Waals surface area contributed by atoms with E-state index in [1.165, 1.54) is 0 Å². The molecule has 0 radical (unpaired) electrons. The van der Waals surface area contributed by atoms with Crippen molar-refractivity contribution in [2.24, 2.45) is 11.3 Å². The van der Waals surface area contributed by atoms with E-state index < -0.39 is 5.79 Å². The molecule has 1 aliphatic rings. The maximum atomic E-state index is 6.20. The minimum atomic E-state index is -0.846. The number of rotatable bonds is 14. The molecule has 0 N–H and O–H groups in total. The van der Waals surface area contributed by atoms with Gasteiger partial charge in [-0.2, -0.15) is 9.78 Å². The second-order valence-electron chi connectivity index (χ2n) is 10.7. The third kappa shape index (κ3) is 8.12. The minimum Gasteiger partial charge on any atom is -0.227 e. The Morgan fingerprint density at radius 3 is 1.62 bits per heavy atom. The van der Waals surface area contributed by atoms with Gasteiger partial charge in [-0.05, 0) is 57.3 Å². The van der Waals surface area contributed by atoms with Gasteiger partial charge in [-0.1, -0.05) is 74.1 Å². The molecule has 0 aliphatic heterocycles. The summed E-state index contributed by atoms with van der Waals surface area (Å²) in [5, 5.41) is 0. The lowest BCUT2D eigenvalue weighted by Crippen LogP contribution is -2.49. The summed E-state index contributed by atoms with van der Waals surface area (Å²) < 4.78 is 0. The SMILES string of the molecule is CCCCC(C)(CC)OOC1(OOC(C)(CC)CCCC)CCC(C)C(C)(C)C1. The minimum absolute atomic E-state index is 0.100. The summed E-state index contributed by atoms with van der Waals surface area (Å²) in [6.45, 7) is 19.9. The summed E-state index contributed by atoms with van der Waals surface area (Å²) in [4.78, 5) is 24.7. The third-order valence-electron chi connectivity index (χ3n) is 7.42. The summed E-state index contributed by atoms with van der Waals surface area (Å²) in [6, 6.07) is 0. The molecule has 4 nitrogen and oxygen atoms in total. The van der Waals surface area contributed by atoms with Crippen LogP contribution in [0.4, 0.5) is 0 Å². The fourth-order valence-electron chi connectivity index (χ4n) is 3.95. The van der Waals surface area contributed by atoms with Gasteiger partial charge in [0, 0.05) is 12.8 Å². The first-order valence-electron chi connectivity index (χ1n) is 12.2. The van der Waals surface area contributed by atoms with Crippen LogP contribution >= 0.6 is 0 Å². The molecule has 1 rings (SSSR count). The van der Waals surface area contributed by atoms with Crippen molar-refractivity contribution >= 4 is 0 Å². The van der Waals surface area contributed by atoms with Crippen LogP contribution in [0.25, 0.3) is 0 Å². The van der Waals surface area contributed by atoms with Crippen LogP contribution in [-0.2, 0) is 19.6 Å². The van der Waals surface area contributed by atoms with E-state index in [0.29, 0.717) is 5.92 Å². The Kier molecular flexibility index (Phi) is 10.6. The van der Waals surface area contributed by atoms with Gasteiger partial charge < -0.3 is 0 Å². The van der Waals surface area contributed by atoms with Crippen molar-refractivity contribution in [1.82, 2.24) is 0 Å². The monoisotopic (exact) mass is 414 g/mol. The Morgan fingerprint density at radius 1 is 0.828 bits per heavy atom. The average molecular weight is 415 g/mol. The zero-order valence-electron chi connectivity index (χ0n) is 21.0. The van der Waals surface area contributed by atoms with E-state index in [9.17, 15) is 0 Å². The lowest BCUT2D eigenvalue weighted by atomic mass is 9.67. The van der Waals surface area contributed by atoms with Crippen molar-refractivity contribution in [2.75, 3.05) is 0 Å². The average Bonchev–Trinajstić information content (AvgIpc) is 2.70. The van der Waals surface area contributed by atoms with E-state index in [4.69, 9.17) is 19.6 Å². The number of unbranched alkanes of at least 4 members (excludes halogenated alkanes) is 2. The van der Waals surface area contributed by atoms with Crippen molar-refractivity contribution in [2.45, 2.75) is 150 Å². The molecule has 0 aromatic heterocycles. The predicted molar refractivity (Wildman–Crippen MR) is 120 cm³/mol. The van der Waals surface area contributed by atoms with Gasteiger partial charge >= 0.3 is 0 Å². The number of hydrogen-bond donors (Lipinski definition) is 0. The Hall–Kier alpha value is -0.160. The molecule has 1 fully saturated rings. The first kappa shape index (κ1) is 26.9. The topological polar surface area (TPSA) is 36.9 Å². The maximum absolute atomic E-state index is 6.20. The van der Waals surface area contributed by atoms with Gasteiger partial charge in [0.15, 0.2) is 0 Å². The summed E-state index contributed by atoms with van der Waals surface area (Å²) in [5.41, 5.74) is -0.491. The van der Waals surface area contributed by atoms with Crippen molar-refractivity contribution in [3.8, 4) is 0 Å². The quantitative estimate of drug-likeness (QED) is 0.163. The zero-order valence-corrected chi connectivity index (χ0v) is 21.0. The van der Waals surface area contributed by atoms with Crippen LogP contribution in [0.15, 0.2) is 0 Å². The van der Waals surface area contributed by atoms with Crippen LogP contribution in [-0.4, -0.2) is 17.0 Å². The van der Waals surface area contributed by atoms with Gasteiger partial charge in [-0.15, -0.1) is 0 Å². The molecular weight excluding hydrogens is 364 g/mol. The fraction of sp³-hybridized carbons (Fsp3) is 1.00. The Balaban J connectivity index is 2.95. The van der Waals surface area contributed by atoms with Crippen molar-refractivity contribution < 1.29 is 19.6 Å². The molecule has 0 bridgehead atoms. The number of hydrogen-bond acceptors (Lipinski definition) is 4. The van der Waals surface area contributed by atoms with Gasteiger partial charge in [0.05, 0.1) is 0 Å². The van der Waals surface area contributed by atoms with E-state index in [-0.39, 0.29) is 16.6 Å². The van der Waals surface area contributed by atoms with Crippen LogP contribution < -0.4 is 0 Å². The Labute approximate surface area is 181 Å². The molecule has 174 valence electrons. The highest BCUT2D eigenvalue weighted by Gasteiger charge is 2.49. The third-order valence-corrected chi connectivity index (χ3v) is 7.42. The predicted octanol–water partition coefficient (Wildman–Crippen LogP) is 8.14. The van der Waals surface area contributed by atoms with Crippen LogP contribution in [0.5, 0.6) is 0 Å². The van der Waals surface area contributed by atoms with Crippen LogP contribution in [0.1, 0.15) is 133 Å². The molecule has 0 spiro atoms. The zero-order chi connectivity index (χ0) is 22.2. The fourth-order valence-corrected chi connectivity index (χ4v) is 3.95. The maximum Gasteiger partial charge on any atom is 0.234 e. The summed E-state index contributed by atoms with van der Waals surface area (Å²) in [6.07, 6.45) is 11.0. The summed E-state index contributed by atoms with van der Waals surface area (Å²) in [7, 11) is 0. The van der Waals surface area contributed by atoms with Gasteiger partial charge in [-0.25, -0.2) is 9.78 Å². The van der Waals surface area contributed by atoms with Gasteiger partial charge in [0.1, 0.15) is 11.2 Å². The summed E-state index contributed by atoms with van der Waals surface area (Å²) in [5.74, 6) is -0.237. The van der Waals surface area contributed by atoms with Crippen LogP contribution in [0, 0.1) is 11.3 Å². The Morgan fingerprint density at radius 2 is 1.28 bits per heavy atom. The molecule has 0 amide bonds. The molecular formula is C25H50O4. The highest BCUT2D eigenvalue weighted by Crippen LogP contribution is 2.48. The standard InChI is InChI=1S/C25H50O4/c1-10-14-17-23(8,12-3)26-28-25(19-16-21(5)22(6,7)20-25)29-27-24(9,13-4)18-15-11-2/h21H,10-20H2,1-9H3. The molecule has 29 heavy (non-hydrogen) atoms. The molecule has 1 saturated carbocycles. The van der Waals surface area contributed by atoms with Gasteiger partial charge in [0.2, 0.25) is 5.79 Å². The lowest BCUT2D eigenvalue weighted by molar-refractivity contribution is -0.555. The smallest absolute Gasteiger partial charge is 0.227 e. The van der Waals surface area contributed by atoms with Crippen LogP contribution in [0.2, 0.25) is 0 Å². The molecule has 0 aromatic carbocycles. The van der Waals surface area contributed by atoms with E-state index in [1.807, 2.05) is 0 Å². The highest BCUT2D eigenvalue weighted by molar-refractivity contribution is 4.89. The van der Waals surface area contributed by atoms with Crippen LogP contribution in [0.3, 0.4) is 0 Å². The first-order chi connectivity index (χ1) is 13.5. The van der Waals surface area contributed by atoms with Gasteiger partial charge in [-0.3, -0.25) is 0 Å². The summed E-state index contributed by atoms with van der Waals surface area (Å²) >= 11 is 0. The second-order valence-corrected chi connectivity index (χ2v) is 10.7. The normalized spacial score (nSPS) is 28.7. The molecule has 4 heteroatoms. The Bertz CT molecular complexity index is 438. The molecule has 1 aliphatic carbocycles. The molecule has 3 unspecified atom stereocenters. The molecule has 0 saturated heterocycles. The van der Waals surface area contributed by atoms with Gasteiger partial charge in [0.25, 0.3) is 0 Å². The van der Waals surface area contributed by atoms with E-state index in [2.05, 4.69) is 62.3 Å². The molecule has 0 heterocycles. The van der Waals surface area contributed by atoms with Crippen molar-refractivity contribution in [3.63, 3.8) is 0 Å². The van der Waals surface area contributed by atoms with Crippen molar-refractivity contribution in [3.05, 3.63) is 0 Å².